The Labute approximate surface area is 141 Å². The van der Waals surface area contributed by atoms with Crippen LogP contribution >= 0.6 is 11.6 Å². The molecule has 0 atom stereocenters. The molecule has 2 aromatic rings. The third kappa shape index (κ3) is 4.13. The number of anilines is 1. The van der Waals surface area contributed by atoms with Crippen molar-refractivity contribution in [2.24, 2.45) is 10.2 Å². The van der Waals surface area contributed by atoms with E-state index >= 15 is 0 Å². The Morgan fingerprint density at radius 3 is 2.39 bits per heavy atom. The van der Waals surface area contributed by atoms with Crippen LogP contribution in [0.5, 0.6) is 11.5 Å². The lowest BCUT2D eigenvalue weighted by Crippen LogP contribution is -2.21. The largest absolute Gasteiger partial charge is 0.506 e. The Morgan fingerprint density at radius 1 is 1.09 bits per heavy atom. The van der Waals surface area contributed by atoms with Gasteiger partial charge in [0.25, 0.3) is 0 Å². The van der Waals surface area contributed by atoms with E-state index in [-0.39, 0.29) is 5.75 Å². The summed E-state index contributed by atoms with van der Waals surface area (Å²) in [5, 5.41) is 18.8. The lowest BCUT2D eigenvalue weighted by Gasteiger charge is -2.21. The van der Waals surface area contributed by atoms with E-state index in [4.69, 9.17) is 16.3 Å². The quantitative estimate of drug-likeness (QED) is 0.728. The normalized spacial score (nSPS) is 11.0. The van der Waals surface area contributed by atoms with E-state index in [0.29, 0.717) is 22.1 Å². The van der Waals surface area contributed by atoms with E-state index in [1.54, 1.807) is 37.4 Å². The third-order valence-electron chi connectivity index (χ3n) is 3.50. The molecule has 0 spiro atoms. The van der Waals surface area contributed by atoms with Gasteiger partial charge in [-0.2, -0.15) is 5.11 Å². The zero-order valence-electron chi connectivity index (χ0n) is 13.5. The van der Waals surface area contributed by atoms with Crippen LogP contribution in [-0.4, -0.2) is 25.3 Å². The first-order chi connectivity index (χ1) is 11.1. The molecule has 0 aromatic heterocycles. The second-order valence-electron chi connectivity index (χ2n) is 4.86. The molecule has 122 valence electrons. The average molecular weight is 334 g/mol. The standard InChI is InChI=1S/C17H20ClN3O2/c1-4-21(5-2)13-7-8-15(16(22)11-13)20-19-12-6-9-17(23-3)14(18)10-12/h6-11,22H,4-5H2,1-3H3. The summed E-state index contributed by atoms with van der Waals surface area (Å²) < 4.78 is 5.09. The molecule has 0 aliphatic heterocycles. The molecule has 23 heavy (non-hydrogen) atoms. The summed E-state index contributed by atoms with van der Waals surface area (Å²) in [7, 11) is 1.55. The van der Waals surface area contributed by atoms with Crippen LogP contribution in [0.25, 0.3) is 0 Å². The van der Waals surface area contributed by atoms with Gasteiger partial charge >= 0.3 is 0 Å². The highest BCUT2D eigenvalue weighted by atomic mass is 35.5. The van der Waals surface area contributed by atoms with Crippen LogP contribution in [-0.2, 0) is 0 Å². The highest BCUT2D eigenvalue weighted by molar-refractivity contribution is 6.32. The molecular weight excluding hydrogens is 314 g/mol. The minimum atomic E-state index is 0.0951. The maximum atomic E-state index is 10.1. The van der Waals surface area contributed by atoms with Crippen LogP contribution in [0.2, 0.25) is 5.02 Å². The molecule has 0 saturated heterocycles. The van der Waals surface area contributed by atoms with Crippen molar-refractivity contribution in [1.29, 1.82) is 0 Å². The van der Waals surface area contributed by atoms with Gasteiger partial charge in [-0.05, 0) is 44.2 Å². The molecule has 0 amide bonds. The minimum Gasteiger partial charge on any atom is -0.506 e. The predicted molar refractivity (Wildman–Crippen MR) is 93.8 cm³/mol. The first kappa shape index (κ1) is 17.1. The average Bonchev–Trinajstić information content (AvgIpc) is 2.55. The molecule has 2 rings (SSSR count). The van der Waals surface area contributed by atoms with Crippen molar-refractivity contribution in [2.75, 3.05) is 25.1 Å². The number of aromatic hydroxyl groups is 1. The van der Waals surface area contributed by atoms with Crippen LogP contribution in [0, 0.1) is 0 Å². The van der Waals surface area contributed by atoms with Gasteiger partial charge in [0.05, 0.1) is 17.8 Å². The Balaban J connectivity index is 2.21. The number of ether oxygens (including phenoxy) is 1. The molecule has 0 saturated carbocycles. The third-order valence-corrected chi connectivity index (χ3v) is 3.79. The van der Waals surface area contributed by atoms with Crippen molar-refractivity contribution in [3.05, 3.63) is 41.4 Å². The summed E-state index contributed by atoms with van der Waals surface area (Å²) in [6.45, 7) is 5.89. The number of hydrogen-bond donors (Lipinski definition) is 1. The van der Waals surface area contributed by atoms with Gasteiger partial charge in [-0.25, -0.2) is 0 Å². The topological polar surface area (TPSA) is 57.4 Å². The number of phenolic OH excluding ortho intramolecular Hbond substituents is 1. The fourth-order valence-corrected chi connectivity index (χ4v) is 2.46. The minimum absolute atomic E-state index is 0.0951. The lowest BCUT2D eigenvalue weighted by atomic mass is 10.2. The second kappa shape index (κ2) is 7.83. The van der Waals surface area contributed by atoms with Gasteiger partial charge in [0.1, 0.15) is 17.2 Å². The van der Waals surface area contributed by atoms with Crippen molar-refractivity contribution in [3.63, 3.8) is 0 Å². The number of hydrogen-bond acceptors (Lipinski definition) is 5. The van der Waals surface area contributed by atoms with Crippen molar-refractivity contribution in [3.8, 4) is 11.5 Å². The number of nitrogens with zero attached hydrogens (tertiary/aromatic N) is 3. The van der Waals surface area contributed by atoms with Gasteiger partial charge in [0.2, 0.25) is 0 Å². The Morgan fingerprint density at radius 2 is 1.83 bits per heavy atom. The Bertz CT molecular complexity index is 700. The van der Waals surface area contributed by atoms with E-state index in [2.05, 4.69) is 29.0 Å². The Hall–Kier alpha value is -2.27. The first-order valence-corrected chi connectivity index (χ1v) is 7.80. The SMILES string of the molecule is CCN(CC)c1ccc(N=Nc2ccc(OC)c(Cl)c2)c(O)c1. The van der Waals surface area contributed by atoms with Crippen molar-refractivity contribution in [2.45, 2.75) is 13.8 Å². The zero-order chi connectivity index (χ0) is 16.8. The van der Waals surface area contributed by atoms with Crippen LogP contribution < -0.4 is 9.64 Å². The maximum Gasteiger partial charge on any atom is 0.145 e. The summed E-state index contributed by atoms with van der Waals surface area (Å²) >= 11 is 6.05. The van der Waals surface area contributed by atoms with E-state index < -0.39 is 0 Å². The summed E-state index contributed by atoms with van der Waals surface area (Å²) in [4.78, 5) is 2.14. The molecule has 0 heterocycles. The predicted octanol–water partition coefficient (Wildman–Crippen LogP) is 5.32. The summed E-state index contributed by atoms with van der Waals surface area (Å²) in [6.07, 6.45) is 0. The molecule has 2 aromatic carbocycles. The van der Waals surface area contributed by atoms with Crippen molar-refractivity contribution < 1.29 is 9.84 Å². The van der Waals surface area contributed by atoms with Crippen molar-refractivity contribution >= 4 is 28.7 Å². The van der Waals surface area contributed by atoms with Gasteiger partial charge in [-0.3, -0.25) is 0 Å². The fourth-order valence-electron chi connectivity index (χ4n) is 2.21. The smallest absolute Gasteiger partial charge is 0.145 e. The van der Waals surface area contributed by atoms with E-state index in [1.165, 1.54) is 0 Å². The van der Waals surface area contributed by atoms with Crippen LogP contribution in [0.1, 0.15) is 13.8 Å². The lowest BCUT2D eigenvalue weighted by molar-refractivity contribution is 0.415. The molecule has 0 unspecified atom stereocenters. The van der Waals surface area contributed by atoms with E-state index in [0.717, 1.165) is 18.8 Å². The number of azo groups is 1. The van der Waals surface area contributed by atoms with Gasteiger partial charge in [0.15, 0.2) is 0 Å². The number of phenols is 1. The number of methoxy groups -OCH3 is 1. The maximum absolute atomic E-state index is 10.1. The molecule has 0 radical (unpaired) electrons. The summed E-state index contributed by atoms with van der Waals surface area (Å²) in [6, 6.07) is 10.5. The van der Waals surface area contributed by atoms with Crippen LogP contribution in [0.4, 0.5) is 17.1 Å². The molecule has 0 fully saturated rings. The molecule has 1 N–H and O–H groups in total. The highest BCUT2D eigenvalue weighted by Crippen LogP contribution is 2.33. The molecular formula is C17H20ClN3O2. The number of rotatable bonds is 6. The monoisotopic (exact) mass is 333 g/mol. The fraction of sp³-hybridized carbons (Fsp3) is 0.294. The number of halogens is 1. The van der Waals surface area contributed by atoms with Gasteiger partial charge in [0, 0.05) is 24.8 Å². The van der Waals surface area contributed by atoms with Gasteiger partial charge < -0.3 is 14.7 Å². The highest BCUT2D eigenvalue weighted by Gasteiger charge is 2.07. The molecule has 0 aliphatic rings. The van der Waals surface area contributed by atoms with E-state index in [1.807, 2.05) is 6.07 Å². The van der Waals surface area contributed by atoms with E-state index in [9.17, 15) is 5.11 Å². The molecule has 6 heteroatoms. The summed E-state index contributed by atoms with van der Waals surface area (Å²) in [5.41, 5.74) is 1.95. The summed E-state index contributed by atoms with van der Waals surface area (Å²) in [5.74, 6) is 0.676. The zero-order valence-corrected chi connectivity index (χ0v) is 14.2. The Kier molecular flexibility index (Phi) is 5.82. The number of benzene rings is 2. The molecule has 0 bridgehead atoms. The van der Waals surface area contributed by atoms with Crippen LogP contribution in [0.15, 0.2) is 46.6 Å². The molecule has 5 nitrogen and oxygen atoms in total. The van der Waals surface area contributed by atoms with Gasteiger partial charge in [-0.1, -0.05) is 11.6 Å². The van der Waals surface area contributed by atoms with Gasteiger partial charge in [-0.15, -0.1) is 5.11 Å². The molecule has 0 aliphatic carbocycles. The van der Waals surface area contributed by atoms with Crippen LogP contribution in [0.3, 0.4) is 0 Å². The first-order valence-electron chi connectivity index (χ1n) is 7.42. The second-order valence-corrected chi connectivity index (χ2v) is 5.27. The van der Waals surface area contributed by atoms with Crippen molar-refractivity contribution in [1.82, 2.24) is 0 Å².